The average molecular weight is 280 g/mol. The summed E-state index contributed by atoms with van der Waals surface area (Å²) < 4.78 is 18.7. The summed E-state index contributed by atoms with van der Waals surface area (Å²) in [6, 6.07) is 12.1. The van der Waals surface area contributed by atoms with E-state index in [1.54, 1.807) is 6.07 Å². The van der Waals surface area contributed by atoms with Crippen LogP contribution in [-0.2, 0) is 6.54 Å². The lowest BCUT2D eigenvalue weighted by Gasteiger charge is -2.12. The van der Waals surface area contributed by atoms with Crippen LogP contribution >= 0.6 is 11.6 Å². The van der Waals surface area contributed by atoms with Crippen molar-refractivity contribution in [2.24, 2.45) is 0 Å². The molecule has 4 heteroatoms. The van der Waals surface area contributed by atoms with E-state index in [0.29, 0.717) is 18.2 Å². The van der Waals surface area contributed by atoms with E-state index >= 15 is 0 Å². The third-order valence-corrected chi connectivity index (χ3v) is 2.81. The highest BCUT2D eigenvalue weighted by Crippen LogP contribution is 2.24. The highest BCUT2D eigenvalue weighted by molar-refractivity contribution is 6.30. The maximum Gasteiger partial charge on any atom is 0.142 e. The summed E-state index contributed by atoms with van der Waals surface area (Å²) >= 11 is 5.82. The number of benzene rings is 2. The minimum atomic E-state index is -0.331. The van der Waals surface area contributed by atoms with Gasteiger partial charge in [-0.1, -0.05) is 23.7 Å². The van der Waals surface area contributed by atoms with E-state index in [2.05, 4.69) is 5.32 Å². The summed E-state index contributed by atoms with van der Waals surface area (Å²) in [6.45, 7) is 3.02. The minimum absolute atomic E-state index is 0.331. The molecule has 2 aromatic carbocycles. The van der Waals surface area contributed by atoms with Crippen LogP contribution in [-0.4, -0.2) is 6.61 Å². The number of rotatable bonds is 5. The van der Waals surface area contributed by atoms with Crippen LogP contribution in [0, 0.1) is 5.82 Å². The van der Waals surface area contributed by atoms with Crippen molar-refractivity contribution in [2.75, 3.05) is 11.9 Å². The van der Waals surface area contributed by atoms with Crippen molar-refractivity contribution in [3.63, 3.8) is 0 Å². The summed E-state index contributed by atoms with van der Waals surface area (Å²) in [7, 11) is 0. The molecule has 0 saturated heterocycles. The van der Waals surface area contributed by atoms with Crippen LogP contribution < -0.4 is 10.1 Å². The number of halogens is 2. The zero-order valence-corrected chi connectivity index (χ0v) is 11.4. The van der Waals surface area contributed by atoms with Crippen molar-refractivity contribution in [2.45, 2.75) is 13.5 Å². The molecule has 2 rings (SSSR count). The Morgan fingerprint density at radius 3 is 2.74 bits per heavy atom. The maximum atomic E-state index is 13.2. The summed E-state index contributed by atoms with van der Waals surface area (Å²) in [5, 5.41) is 3.62. The van der Waals surface area contributed by atoms with Crippen LogP contribution in [0.4, 0.5) is 10.1 Å². The lowest BCUT2D eigenvalue weighted by molar-refractivity contribution is 0.341. The van der Waals surface area contributed by atoms with E-state index in [9.17, 15) is 4.39 Å². The highest BCUT2D eigenvalue weighted by Gasteiger charge is 2.03. The number of ether oxygens (including phenoxy) is 1. The lowest BCUT2D eigenvalue weighted by atomic mass is 10.2. The van der Waals surface area contributed by atoms with Gasteiger partial charge in [-0.3, -0.25) is 0 Å². The first-order chi connectivity index (χ1) is 9.19. The largest absolute Gasteiger partial charge is 0.492 e. The lowest BCUT2D eigenvalue weighted by Crippen LogP contribution is -2.03. The predicted octanol–water partition coefficient (Wildman–Crippen LogP) is 4.49. The molecular formula is C15H15ClFNO. The third kappa shape index (κ3) is 3.86. The molecule has 100 valence electrons. The molecule has 0 amide bonds. The monoisotopic (exact) mass is 279 g/mol. The van der Waals surface area contributed by atoms with E-state index in [4.69, 9.17) is 16.3 Å². The second-order valence-corrected chi connectivity index (χ2v) is 4.50. The number of anilines is 1. The molecule has 0 atom stereocenters. The van der Waals surface area contributed by atoms with Gasteiger partial charge in [0.15, 0.2) is 0 Å². The molecular weight excluding hydrogens is 265 g/mol. The van der Waals surface area contributed by atoms with E-state index in [1.165, 1.54) is 12.1 Å². The zero-order valence-electron chi connectivity index (χ0n) is 10.6. The van der Waals surface area contributed by atoms with E-state index in [-0.39, 0.29) is 5.82 Å². The first kappa shape index (κ1) is 13.7. The van der Waals surface area contributed by atoms with E-state index in [0.717, 1.165) is 17.0 Å². The normalized spacial score (nSPS) is 10.3. The van der Waals surface area contributed by atoms with Crippen LogP contribution in [0.3, 0.4) is 0 Å². The second-order valence-electron chi connectivity index (χ2n) is 4.06. The molecule has 0 unspecified atom stereocenters. The van der Waals surface area contributed by atoms with Crippen molar-refractivity contribution in [3.05, 3.63) is 58.9 Å². The van der Waals surface area contributed by atoms with Crippen LogP contribution in [0.25, 0.3) is 0 Å². The Bertz CT molecular complexity index is 539. The fourth-order valence-electron chi connectivity index (χ4n) is 1.80. The van der Waals surface area contributed by atoms with Gasteiger partial charge in [0.1, 0.15) is 11.6 Å². The van der Waals surface area contributed by atoms with Crippen LogP contribution in [0.2, 0.25) is 5.02 Å². The van der Waals surface area contributed by atoms with Crippen molar-refractivity contribution in [1.82, 2.24) is 0 Å². The van der Waals surface area contributed by atoms with Gasteiger partial charge in [0.2, 0.25) is 0 Å². The first-order valence-electron chi connectivity index (χ1n) is 6.09. The highest BCUT2D eigenvalue weighted by atomic mass is 35.5. The summed E-state index contributed by atoms with van der Waals surface area (Å²) in [4.78, 5) is 0. The molecule has 0 radical (unpaired) electrons. The van der Waals surface area contributed by atoms with Gasteiger partial charge in [0.25, 0.3) is 0 Å². The Kier molecular flexibility index (Phi) is 4.63. The Labute approximate surface area is 117 Å². The van der Waals surface area contributed by atoms with Gasteiger partial charge in [-0.25, -0.2) is 4.39 Å². The Morgan fingerprint density at radius 2 is 2.00 bits per heavy atom. The van der Waals surface area contributed by atoms with Crippen molar-refractivity contribution >= 4 is 17.3 Å². The molecule has 19 heavy (non-hydrogen) atoms. The number of hydrogen-bond donors (Lipinski definition) is 1. The molecule has 1 N–H and O–H groups in total. The Hall–Kier alpha value is -1.74. The predicted molar refractivity (Wildman–Crippen MR) is 76.3 cm³/mol. The molecule has 0 heterocycles. The van der Waals surface area contributed by atoms with Gasteiger partial charge >= 0.3 is 0 Å². The molecule has 0 aliphatic carbocycles. The van der Waals surface area contributed by atoms with Gasteiger partial charge < -0.3 is 10.1 Å². The van der Waals surface area contributed by atoms with Gasteiger partial charge in [-0.2, -0.15) is 0 Å². The van der Waals surface area contributed by atoms with Crippen LogP contribution in [0.5, 0.6) is 5.75 Å². The second kappa shape index (κ2) is 6.43. The number of hydrogen-bond acceptors (Lipinski definition) is 2. The van der Waals surface area contributed by atoms with E-state index in [1.807, 2.05) is 31.2 Å². The molecule has 2 aromatic rings. The first-order valence-corrected chi connectivity index (χ1v) is 6.47. The number of nitrogens with one attached hydrogen (secondary N) is 1. The minimum Gasteiger partial charge on any atom is -0.492 e. The topological polar surface area (TPSA) is 21.3 Å². The van der Waals surface area contributed by atoms with Crippen molar-refractivity contribution in [1.29, 1.82) is 0 Å². The van der Waals surface area contributed by atoms with Crippen molar-refractivity contribution < 1.29 is 9.13 Å². The standard InChI is InChI=1S/C15H15ClFNO/c1-2-19-15-6-4-3-5-14(15)18-10-11-7-12(16)9-13(17)8-11/h3-9,18H,2,10H2,1H3. The molecule has 0 aliphatic rings. The van der Waals surface area contributed by atoms with Crippen LogP contribution in [0.1, 0.15) is 12.5 Å². The molecule has 0 fully saturated rings. The van der Waals surface area contributed by atoms with Gasteiger partial charge in [0.05, 0.1) is 12.3 Å². The quantitative estimate of drug-likeness (QED) is 0.871. The molecule has 0 aromatic heterocycles. The van der Waals surface area contributed by atoms with Crippen LogP contribution in [0.15, 0.2) is 42.5 Å². The summed E-state index contributed by atoms with van der Waals surface area (Å²) in [5.74, 6) is 0.454. The Balaban J connectivity index is 2.09. The zero-order chi connectivity index (χ0) is 13.7. The summed E-state index contributed by atoms with van der Waals surface area (Å²) in [6.07, 6.45) is 0. The average Bonchev–Trinajstić information content (AvgIpc) is 2.37. The maximum absolute atomic E-state index is 13.2. The van der Waals surface area contributed by atoms with E-state index < -0.39 is 0 Å². The fourth-order valence-corrected chi connectivity index (χ4v) is 2.05. The molecule has 0 saturated carbocycles. The fraction of sp³-hybridized carbons (Fsp3) is 0.200. The molecule has 0 bridgehead atoms. The SMILES string of the molecule is CCOc1ccccc1NCc1cc(F)cc(Cl)c1. The third-order valence-electron chi connectivity index (χ3n) is 2.59. The number of para-hydroxylation sites is 2. The molecule has 0 spiro atoms. The Morgan fingerprint density at radius 1 is 1.21 bits per heavy atom. The van der Waals surface area contributed by atoms with Gasteiger partial charge in [-0.15, -0.1) is 0 Å². The van der Waals surface area contributed by atoms with Crippen molar-refractivity contribution in [3.8, 4) is 5.75 Å². The van der Waals surface area contributed by atoms with Gasteiger partial charge in [0, 0.05) is 11.6 Å². The smallest absolute Gasteiger partial charge is 0.142 e. The van der Waals surface area contributed by atoms with Gasteiger partial charge in [-0.05, 0) is 42.8 Å². The molecule has 2 nitrogen and oxygen atoms in total. The molecule has 0 aliphatic heterocycles. The summed E-state index contributed by atoms with van der Waals surface area (Å²) in [5.41, 5.74) is 1.67.